The summed E-state index contributed by atoms with van der Waals surface area (Å²) < 4.78 is 0. The zero-order chi connectivity index (χ0) is 14.3. The lowest BCUT2D eigenvalue weighted by molar-refractivity contribution is 0.127. The zero-order valence-electron chi connectivity index (χ0n) is 14.0. The minimum absolute atomic E-state index is 0.278. The van der Waals surface area contributed by atoms with Crippen LogP contribution in [0.1, 0.15) is 73.1 Å². The normalized spacial score (nSPS) is 25.7. The van der Waals surface area contributed by atoms with Crippen LogP contribution >= 0.6 is 0 Å². The molecule has 2 atom stereocenters. The molecule has 0 aromatic heterocycles. The van der Waals surface area contributed by atoms with Crippen molar-refractivity contribution in [1.29, 1.82) is 0 Å². The molecule has 0 aromatic rings. The first-order valence-corrected chi connectivity index (χ1v) is 8.37. The smallest absolute Gasteiger partial charge is 0.00965 e. The van der Waals surface area contributed by atoms with Crippen molar-refractivity contribution in [3.8, 4) is 0 Å². The Morgan fingerprint density at radius 2 is 1.74 bits per heavy atom. The Morgan fingerprint density at radius 3 is 2.37 bits per heavy atom. The molecule has 0 aromatic carbocycles. The van der Waals surface area contributed by atoms with E-state index in [1.54, 1.807) is 0 Å². The van der Waals surface area contributed by atoms with Crippen molar-refractivity contribution in [1.82, 2.24) is 10.2 Å². The van der Waals surface area contributed by atoms with Crippen molar-refractivity contribution in [2.45, 2.75) is 84.7 Å². The molecule has 0 saturated carbocycles. The van der Waals surface area contributed by atoms with Gasteiger partial charge in [-0.1, -0.05) is 19.8 Å². The van der Waals surface area contributed by atoms with Crippen LogP contribution in [-0.4, -0.2) is 36.1 Å². The van der Waals surface area contributed by atoms with Crippen LogP contribution in [-0.2, 0) is 0 Å². The average Bonchev–Trinajstić information content (AvgIpc) is 2.29. The van der Waals surface area contributed by atoms with Crippen LogP contribution in [0.2, 0.25) is 0 Å². The molecular formula is C17H36N2. The Balaban J connectivity index is 1.96. The highest BCUT2D eigenvalue weighted by Gasteiger charge is 2.21. The first kappa shape index (κ1) is 17.0. The van der Waals surface area contributed by atoms with E-state index in [9.17, 15) is 0 Å². The third-order valence-corrected chi connectivity index (χ3v) is 4.30. The predicted octanol–water partition coefficient (Wildman–Crippen LogP) is 4.06. The Bertz CT molecular complexity index is 232. The number of nitrogens with one attached hydrogen (secondary N) is 1. The second kappa shape index (κ2) is 8.26. The largest absolute Gasteiger partial charge is 0.312 e. The number of nitrogens with zero attached hydrogens (tertiary/aromatic N) is 1. The molecule has 0 aliphatic carbocycles. The van der Waals surface area contributed by atoms with Crippen LogP contribution in [0.15, 0.2) is 0 Å². The van der Waals surface area contributed by atoms with E-state index >= 15 is 0 Å². The summed E-state index contributed by atoms with van der Waals surface area (Å²) in [6.07, 6.45) is 8.28. The van der Waals surface area contributed by atoms with Crippen LogP contribution in [0.4, 0.5) is 0 Å². The second-order valence-electron chi connectivity index (χ2n) is 7.61. The number of hydrogen-bond acceptors (Lipinski definition) is 2. The van der Waals surface area contributed by atoms with Gasteiger partial charge < -0.3 is 10.2 Å². The topological polar surface area (TPSA) is 15.3 Å². The molecule has 0 spiro atoms. The average molecular weight is 268 g/mol. The summed E-state index contributed by atoms with van der Waals surface area (Å²) in [5, 5.41) is 3.56. The molecule has 19 heavy (non-hydrogen) atoms. The molecule has 0 bridgehead atoms. The Hall–Kier alpha value is -0.0800. The van der Waals surface area contributed by atoms with Gasteiger partial charge in [-0.25, -0.2) is 0 Å². The monoisotopic (exact) mass is 268 g/mol. The lowest BCUT2D eigenvalue weighted by Crippen LogP contribution is -2.40. The first-order valence-electron chi connectivity index (χ1n) is 8.37. The van der Waals surface area contributed by atoms with Crippen molar-refractivity contribution >= 4 is 0 Å². The number of piperidine rings is 1. The van der Waals surface area contributed by atoms with Crippen LogP contribution < -0.4 is 5.32 Å². The Kier molecular flexibility index (Phi) is 7.38. The summed E-state index contributed by atoms with van der Waals surface area (Å²) in [6, 6.07) is 0.811. The molecular weight excluding hydrogens is 232 g/mol. The maximum atomic E-state index is 3.56. The fourth-order valence-corrected chi connectivity index (χ4v) is 3.04. The molecule has 1 aliphatic rings. The Morgan fingerprint density at radius 1 is 1.05 bits per heavy atom. The molecule has 2 nitrogen and oxygen atoms in total. The molecule has 1 aliphatic heterocycles. The number of unbranched alkanes of at least 4 members (excludes halogenated alkanes) is 3. The van der Waals surface area contributed by atoms with E-state index in [1.807, 2.05) is 0 Å². The number of hydrogen-bond donors (Lipinski definition) is 1. The van der Waals surface area contributed by atoms with Gasteiger partial charge in [0.15, 0.2) is 0 Å². The molecule has 0 radical (unpaired) electrons. The van der Waals surface area contributed by atoms with Gasteiger partial charge in [0.25, 0.3) is 0 Å². The molecule has 1 saturated heterocycles. The highest BCUT2D eigenvalue weighted by molar-refractivity contribution is 4.76. The molecule has 1 N–H and O–H groups in total. The van der Waals surface area contributed by atoms with E-state index in [2.05, 4.69) is 44.8 Å². The van der Waals surface area contributed by atoms with E-state index in [1.165, 1.54) is 58.2 Å². The third kappa shape index (κ3) is 7.94. The molecule has 1 fully saturated rings. The fourth-order valence-electron chi connectivity index (χ4n) is 3.04. The van der Waals surface area contributed by atoms with E-state index in [4.69, 9.17) is 0 Å². The van der Waals surface area contributed by atoms with E-state index in [0.717, 1.165) is 12.0 Å². The lowest BCUT2D eigenvalue weighted by atomic mass is 9.93. The van der Waals surface area contributed by atoms with Gasteiger partial charge in [-0.3, -0.25) is 0 Å². The summed E-state index contributed by atoms with van der Waals surface area (Å²) in [5.41, 5.74) is 0.278. The third-order valence-electron chi connectivity index (χ3n) is 4.30. The van der Waals surface area contributed by atoms with Crippen molar-refractivity contribution in [2.24, 2.45) is 5.92 Å². The van der Waals surface area contributed by atoms with Crippen LogP contribution in [0, 0.1) is 5.92 Å². The minimum Gasteiger partial charge on any atom is -0.312 e. The molecule has 0 amide bonds. The van der Waals surface area contributed by atoms with Gasteiger partial charge in [-0.2, -0.15) is 0 Å². The van der Waals surface area contributed by atoms with E-state index in [-0.39, 0.29) is 5.54 Å². The van der Waals surface area contributed by atoms with Gasteiger partial charge in [-0.15, -0.1) is 0 Å². The zero-order valence-corrected chi connectivity index (χ0v) is 14.0. The van der Waals surface area contributed by atoms with Crippen molar-refractivity contribution in [2.75, 3.05) is 19.6 Å². The molecule has 2 unspecified atom stereocenters. The molecule has 114 valence electrons. The SMILES string of the molecule is CC1CCN(CCCCCCNC(C)(C)C)C(C)C1. The van der Waals surface area contributed by atoms with Crippen LogP contribution in [0.25, 0.3) is 0 Å². The predicted molar refractivity (Wildman–Crippen MR) is 85.7 cm³/mol. The van der Waals surface area contributed by atoms with E-state index < -0.39 is 0 Å². The van der Waals surface area contributed by atoms with E-state index in [0.29, 0.717) is 0 Å². The van der Waals surface area contributed by atoms with Gasteiger partial charge in [0.05, 0.1) is 0 Å². The van der Waals surface area contributed by atoms with Crippen molar-refractivity contribution in [3.05, 3.63) is 0 Å². The lowest BCUT2D eigenvalue weighted by Gasteiger charge is -2.36. The highest BCUT2D eigenvalue weighted by atomic mass is 15.2. The number of likely N-dealkylation sites (tertiary alicyclic amines) is 1. The van der Waals surface area contributed by atoms with Crippen molar-refractivity contribution in [3.63, 3.8) is 0 Å². The van der Waals surface area contributed by atoms with Crippen molar-refractivity contribution < 1.29 is 0 Å². The Labute approximate surface area is 121 Å². The van der Waals surface area contributed by atoms with Crippen LogP contribution in [0.3, 0.4) is 0 Å². The first-order chi connectivity index (χ1) is 8.88. The highest BCUT2D eigenvalue weighted by Crippen LogP contribution is 2.22. The van der Waals surface area contributed by atoms with Gasteiger partial charge in [-0.05, 0) is 78.9 Å². The van der Waals surface area contributed by atoms with Gasteiger partial charge in [0.2, 0.25) is 0 Å². The summed E-state index contributed by atoms with van der Waals surface area (Å²) in [6.45, 7) is 15.3. The maximum absolute atomic E-state index is 3.56. The number of rotatable bonds is 7. The fraction of sp³-hybridized carbons (Fsp3) is 1.00. The van der Waals surface area contributed by atoms with Gasteiger partial charge in [0.1, 0.15) is 0 Å². The van der Waals surface area contributed by atoms with Gasteiger partial charge in [0, 0.05) is 11.6 Å². The summed E-state index contributed by atoms with van der Waals surface area (Å²) in [5.74, 6) is 0.940. The second-order valence-corrected chi connectivity index (χ2v) is 7.61. The minimum atomic E-state index is 0.278. The summed E-state index contributed by atoms with van der Waals surface area (Å²) >= 11 is 0. The quantitative estimate of drug-likeness (QED) is 0.701. The molecule has 1 rings (SSSR count). The standard InChI is InChI=1S/C17H36N2/c1-15-10-13-19(16(2)14-15)12-9-7-6-8-11-18-17(3,4)5/h15-16,18H,6-14H2,1-5H3. The summed E-state index contributed by atoms with van der Waals surface area (Å²) in [4.78, 5) is 2.70. The van der Waals surface area contributed by atoms with Gasteiger partial charge >= 0.3 is 0 Å². The maximum Gasteiger partial charge on any atom is 0.00965 e. The summed E-state index contributed by atoms with van der Waals surface area (Å²) in [7, 11) is 0. The molecule has 2 heteroatoms. The molecule has 1 heterocycles. The van der Waals surface area contributed by atoms with Crippen LogP contribution in [0.5, 0.6) is 0 Å².